The molecule has 0 aromatic rings. The minimum Gasteiger partial charge on any atom is -0.386 e. The van der Waals surface area contributed by atoms with Crippen molar-refractivity contribution in [3.63, 3.8) is 0 Å². The highest BCUT2D eigenvalue weighted by molar-refractivity contribution is 6.19. The van der Waals surface area contributed by atoms with E-state index in [1.807, 2.05) is 6.92 Å². The second-order valence-corrected chi connectivity index (χ2v) is 8.91. The molecule has 0 aliphatic heterocycles. The molecule has 0 spiro atoms. The lowest BCUT2D eigenvalue weighted by Crippen LogP contribution is -2.42. The van der Waals surface area contributed by atoms with Gasteiger partial charge >= 0.3 is 0 Å². The lowest BCUT2D eigenvalue weighted by Gasteiger charge is -2.27. The summed E-state index contributed by atoms with van der Waals surface area (Å²) >= 11 is 0. The van der Waals surface area contributed by atoms with Crippen LogP contribution in [0.15, 0.2) is 23.3 Å². The van der Waals surface area contributed by atoms with Crippen molar-refractivity contribution in [1.82, 2.24) is 0 Å². The summed E-state index contributed by atoms with van der Waals surface area (Å²) in [6.45, 7) is 9.51. The molecule has 2 N–H and O–H groups in total. The first kappa shape index (κ1) is 17.6. The Hall–Kier alpha value is -1.26. The maximum Gasteiger partial charge on any atom is 0.188 e. The van der Waals surface area contributed by atoms with E-state index in [9.17, 15) is 19.8 Å². The summed E-state index contributed by atoms with van der Waals surface area (Å²) in [7, 11) is 0. The molecule has 3 aliphatic carbocycles. The van der Waals surface area contributed by atoms with Gasteiger partial charge in [-0.2, -0.15) is 0 Å². The predicted molar refractivity (Wildman–Crippen MR) is 91.2 cm³/mol. The van der Waals surface area contributed by atoms with Crippen molar-refractivity contribution in [3.05, 3.63) is 23.3 Å². The normalized spacial score (nSPS) is 47.0. The zero-order valence-corrected chi connectivity index (χ0v) is 15.2. The van der Waals surface area contributed by atoms with Crippen LogP contribution in [0.3, 0.4) is 0 Å². The van der Waals surface area contributed by atoms with E-state index in [1.165, 1.54) is 12.2 Å². The van der Waals surface area contributed by atoms with Crippen LogP contribution in [-0.2, 0) is 9.59 Å². The average molecular weight is 332 g/mol. The minimum absolute atomic E-state index is 0.0247. The fourth-order valence-electron chi connectivity index (χ4n) is 4.81. The van der Waals surface area contributed by atoms with Crippen LogP contribution in [0.4, 0.5) is 0 Å². The number of fused-ring (bicyclic) bond motifs is 2. The Morgan fingerprint density at radius 2 is 1.71 bits per heavy atom. The lowest BCUT2D eigenvalue weighted by molar-refractivity contribution is -0.135. The number of aliphatic hydroxyl groups is 2. The van der Waals surface area contributed by atoms with E-state index in [0.717, 1.165) is 12.8 Å². The molecule has 0 amide bonds. The summed E-state index contributed by atoms with van der Waals surface area (Å²) in [4.78, 5) is 25.4. The van der Waals surface area contributed by atoms with Crippen LogP contribution in [0.1, 0.15) is 53.9 Å². The highest BCUT2D eigenvalue weighted by Crippen LogP contribution is 2.63. The average Bonchev–Trinajstić information content (AvgIpc) is 2.91. The van der Waals surface area contributed by atoms with E-state index in [0.29, 0.717) is 23.8 Å². The first-order chi connectivity index (χ1) is 10.9. The van der Waals surface area contributed by atoms with E-state index in [1.54, 1.807) is 13.8 Å². The highest BCUT2D eigenvalue weighted by atomic mass is 16.3. The second-order valence-electron chi connectivity index (χ2n) is 8.91. The summed E-state index contributed by atoms with van der Waals surface area (Å²) in [6, 6.07) is 0. The number of carbonyl (C=O) groups excluding carboxylic acids is 2. The Kier molecular flexibility index (Phi) is 3.75. The summed E-state index contributed by atoms with van der Waals surface area (Å²) in [5.41, 5.74) is -2.56. The van der Waals surface area contributed by atoms with Gasteiger partial charge in [0.05, 0.1) is 5.60 Å². The van der Waals surface area contributed by atoms with Crippen molar-refractivity contribution >= 4 is 11.6 Å². The molecule has 0 radical (unpaired) electrons. The van der Waals surface area contributed by atoms with E-state index < -0.39 is 11.2 Å². The van der Waals surface area contributed by atoms with Crippen LogP contribution in [0.2, 0.25) is 0 Å². The number of Topliss-reactive ketones (excluding diaryl/α,β-unsaturated/α-hetero) is 2. The molecule has 3 aliphatic rings. The quantitative estimate of drug-likeness (QED) is 0.715. The molecule has 4 heteroatoms. The van der Waals surface area contributed by atoms with Crippen LogP contribution < -0.4 is 0 Å². The Bertz CT molecular complexity index is 667. The second kappa shape index (κ2) is 5.12. The smallest absolute Gasteiger partial charge is 0.188 e. The molecule has 0 aromatic carbocycles. The topological polar surface area (TPSA) is 74.6 Å². The molecule has 4 nitrogen and oxygen atoms in total. The fourth-order valence-corrected chi connectivity index (χ4v) is 4.81. The van der Waals surface area contributed by atoms with Gasteiger partial charge in [0.25, 0.3) is 0 Å². The van der Waals surface area contributed by atoms with Crippen LogP contribution in [-0.4, -0.2) is 33.0 Å². The molecule has 5 atom stereocenters. The predicted octanol–water partition coefficient (Wildman–Crippen LogP) is 2.59. The van der Waals surface area contributed by atoms with Gasteiger partial charge in [0.2, 0.25) is 0 Å². The van der Waals surface area contributed by atoms with Gasteiger partial charge in [-0.3, -0.25) is 9.59 Å². The monoisotopic (exact) mass is 332 g/mol. The van der Waals surface area contributed by atoms with Crippen molar-refractivity contribution in [1.29, 1.82) is 0 Å². The van der Waals surface area contributed by atoms with Gasteiger partial charge < -0.3 is 10.2 Å². The molecule has 0 heterocycles. The van der Waals surface area contributed by atoms with E-state index in [2.05, 4.69) is 13.8 Å². The van der Waals surface area contributed by atoms with E-state index in [4.69, 9.17) is 0 Å². The Morgan fingerprint density at radius 1 is 1.08 bits per heavy atom. The first-order valence-electron chi connectivity index (χ1n) is 8.87. The minimum atomic E-state index is -1.90. The SMILES string of the molecule is CC1=C[C@@]2(O)C(=O)[C@H](C)C[C@@H]3[C@H](CC[C@](C)(O)/C=C\2C1=O)C3(C)C. The van der Waals surface area contributed by atoms with E-state index in [-0.39, 0.29) is 28.5 Å². The van der Waals surface area contributed by atoms with Crippen LogP contribution in [0, 0.1) is 23.2 Å². The molecular formula is C20H28O4. The van der Waals surface area contributed by atoms with Gasteiger partial charge in [0.15, 0.2) is 17.2 Å². The van der Waals surface area contributed by atoms with Gasteiger partial charge in [-0.1, -0.05) is 20.8 Å². The summed E-state index contributed by atoms with van der Waals surface area (Å²) < 4.78 is 0. The molecule has 0 bridgehead atoms. The van der Waals surface area contributed by atoms with Gasteiger partial charge in [0.1, 0.15) is 0 Å². The zero-order chi connectivity index (χ0) is 18.1. The molecule has 1 fully saturated rings. The highest BCUT2D eigenvalue weighted by Gasteiger charge is 2.59. The molecule has 132 valence electrons. The summed E-state index contributed by atoms with van der Waals surface area (Å²) in [5, 5.41) is 21.8. The third-order valence-electron chi connectivity index (χ3n) is 6.57. The van der Waals surface area contributed by atoms with E-state index >= 15 is 0 Å². The van der Waals surface area contributed by atoms with Crippen molar-refractivity contribution in [2.75, 3.05) is 0 Å². The third-order valence-corrected chi connectivity index (χ3v) is 6.57. The van der Waals surface area contributed by atoms with Crippen molar-refractivity contribution in [2.45, 2.75) is 65.1 Å². The fraction of sp³-hybridized carbons (Fsp3) is 0.700. The number of hydrogen-bond acceptors (Lipinski definition) is 4. The molecule has 0 aromatic heterocycles. The van der Waals surface area contributed by atoms with Gasteiger partial charge in [0, 0.05) is 11.5 Å². The zero-order valence-electron chi connectivity index (χ0n) is 15.2. The number of allylic oxidation sites excluding steroid dienone is 1. The van der Waals surface area contributed by atoms with Crippen LogP contribution in [0.25, 0.3) is 0 Å². The Balaban J connectivity index is 2.06. The van der Waals surface area contributed by atoms with Gasteiger partial charge in [-0.05, 0) is 68.1 Å². The molecule has 24 heavy (non-hydrogen) atoms. The maximum absolute atomic E-state index is 13.0. The number of ketones is 2. The number of rotatable bonds is 0. The number of hydrogen-bond donors (Lipinski definition) is 2. The Morgan fingerprint density at radius 3 is 2.33 bits per heavy atom. The molecular weight excluding hydrogens is 304 g/mol. The summed E-state index contributed by atoms with van der Waals surface area (Å²) in [5.74, 6) is -0.121. The van der Waals surface area contributed by atoms with Crippen molar-refractivity contribution < 1.29 is 19.8 Å². The first-order valence-corrected chi connectivity index (χ1v) is 8.87. The van der Waals surface area contributed by atoms with Gasteiger partial charge in [-0.15, -0.1) is 0 Å². The maximum atomic E-state index is 13.0. The molecule has 1 saturated carbocycles. The third kappa shape index (κ3) is 2.51. The lowest BCUT2D eigenvalue weighted by atomic mass is 9.81. The molecule has 3 rings (SSSR count). The largest absolute Gasteiger partial charge is 0.386 e. The molecule has 0 saturated heterocycles. The van der Waals surface area contributed by atoms with Crippen molar-refractivity contribution in [2.24, 2.45) is 23.2 Å². The van der Waals surface area contributed by atoms with Crippen molar-refractivity contribution in [3.8, 4) is 0 Å². The number of carbonyl (C=O) groups is 2. The summed E-state index contributed by atoms with van der Waals surface area (Å²) in [6.07, 6.45) is 4.88. The Labute approximate surface area is 143 Å². The molecule has 0 unspecified atom stereocenters. The van der Waals surface area contributed by atoms with Gasteiger partial charge in [-0.25, -0.2) is 0 Å². The van der Waals surface area contributed by atoms with Crippen LogP contribution >= 0.6 is 0 Å². The van der Waals surface area contributed by atoms with Crippen LogP contribution in [0.5, 0.6) is 0 Å². The standard InChI is InChI=1S/C20H28O4/c1-11-8-14-13(18(14,3)4)6-7-19(5,23)10-15-16(21)12(2)9-20(15,24)17(11)22/h9-11,13-14,23-24H,6-8H2,1-5H3/b15-10-/t11-,13+,14-,19+,20+/m1/s1.